The molecule has 0 bridgehead atoms. The Labute approximate surface area is 146 Å². The van der Waals surface area contributed by atoms with Crippen molar-refractivity contribution in [1.82, 2.24) is 0 Å². The van der Waals surface area contributed by atoms with Crippen molar-refractivity contribution in [3.63, 3.8) is 0 Å². The molecule has 0 nitrogen and oxygen atoms in total. The van der Waals surface area contributed by atoms with Crippen LogP contribution in [0.4, 0.5) is 0 Å². The van der Waals surface area contributed by atoms with Crippen LogP contribution in [-0.2, 0) is 6.42 Å². The minimum absolute atomic E-state index is 1.24. The molecule has 2 aromatic rings. The molecule has 0 N–H and O–H groups in total. The highest BCUT2D eigenvalue weighted by Crippen LogP contribution is 2.11. The van der Waals surface area contributed by atoms with Crippen LogP contribution in [0.1, 0.15) is 69.7 Å². The Morgan fingerprint density at radius 2 is 1.13 bits per heavy atom. The van der Waals surface area contributed by atoms with Crippen LogP contribution in [0, 0.1) is 20.8 Å². The summed E-state index contributed by atoms with van der Waals surface area (Å²) in [5.74, 6) is 0. The van der Waals surface area contributed by atoms with Gasteiger partial charge in [-0.05, 0) is 39.2 Å². The minimum atomic E-state index is 1.24. The van der Waals surface area contributed by atoms with Gasteiger partial charge in [0.15, 0.2) is 0 Å². The highest BCUT2D eigenvalue weighted by Gasteiger charge is 1.94. The third-order valence-electron chi connectivity index (χ3n) is 3.04. The molecular weight excluding hydrogens is 276 g/mol. The third kappa shape index (κ3) is 13.8. The Balaban J connectivity index is 0. The summed E-state index contributed by atoms with van der Waals surface area (Å²) in [6, 6.07) is 17.1. The zero-order valence-electron chi connectivity index (χ0n) is 16.7. The van der Waals surface area contributed by atoms with Crippen LogP contribution in [-0.4, -0.2) is 0 Å². The summed E-state index contributed by atoms with van der Waals surface area (Å²) in [6.45, 7) is 16.7. The first kappa shape index (κ1) is 23.7. The summed E-state index contributed by atoms with van der Waals surface area (Å²) in [5, 5.41) is 0. The molecule has 0 aliphatic carbocycles. The van der Waals surface area contributed by atoms with E-state index < -0.39 is 0 Å². The Morgan fingerprint density at radius 1 is 0.652 bits per heavy atom. The van der Waals surface area contributed by atoms with Crippen LogP contribution in [0.2, 0.25) is 0 Å². The fourth-order valence-corrected chi connectivity index (χ4v) is 2.13. The summed E-state index contributed by atoms with van der Waals surface area (Å²) in [6.07, 6.45) is 3.83. The molecule has 0 aliphatic heterocycles. The van der Waals surface area contributed by atoms with Crippen LogP contribution in [0.25, 0.3) is 0 Å². The van der Waals surface area contributed by atoms with E-state index in [0.29, 0.717) is 0 Å². The molecule has 0 aromatic heterocycles. The van der Waals surface area contributed by atoms with Crippen LogP contribution in [0.5, 0.6) is 0 Å². The van der Waals surface area contributed by atoms with Crippen LogP contribution in [0.3, 0.4) is 0 Å². The van der Waals surface area contributed by atoms with Gasteiger partial charge in [-0.25, -0.2) is 0 Å². The van der Waals surface area contributed by atoms with Crippen molar-refractivity contribution < 1.29 is 0 Å². The van der Waals surface area contributed by atoms with E-state index in [9.17, 15) is 0 Å². The van der Waals surface area contributed by atoms with Crippen molar-refractivity contribution >= 4 is 0 Å². The summed E-state index contributed by atoms with van der Waals surface area (Å²) in [4.78, 5) is 0. The minimum Gasteiger partial charge on any atom is -0.0683 e. The smallest absolute Gasteiger partial charge is 0.0279 e. The standard InChI is InChI=1S/C12H18.C7H8.2C2H6/c1-4-5-6-12-8-10(2)7-11(3)9-12;1-7-5-3-2-4-6-7;2*1-2/h7-9H,4-6H2,1-3H3;2-6H,1H3;2*1-2H3. The number of benzene rings is 2. The number of aryl methyl sites for hydroxylation is 4. The van der Waals surface area contributed by atoms with Gasteiger partial charge in [-0.15, -0.1) is 0 Å². The van der Waals surface area contributed by atoms with Gasteiger partial charge in [0.25, 0.3) is 0 Å². The average molecular weight is 315 g/mol. The predicted octanol–water partition coefficient (Wildman–Crippen LogP) is 7.69. The summed E-state index contributed by atoms with van der Waals surface area (Å²) >= 11 is 0. The zero-order valence-corrected chi connectivity index (χ0v) is 16.7. The molecule has 0 aliphatic rings. The van der Waals surface area contributed by atoms with Crippen molar-refractivity contribution in [2.75, 3.05) is 0 Å². The molecule has 0 saturated carbocycles. The van der Waals surface area contributed by atoms with E-state index >= 15 is 0 Å². The Kier molecular flexibility index (Phi) is 17.3. The summed E-state index contributed by atoms with van der Waals surface area (Å²) in [7, 11) is 0. The first-order chi connectivity index (χ1) is 11.1. The lowest BCUT2D eigenvalue weighted by molar-refractivity contribution is 0.794. The molecule has 0 saturated heterocycles. The van der Waals surface area contributed by atoms with E-state index in [0.717, 1.165) is 0 Å². The number of hydrogen-bond donors (Lipinski definition) is 0. The summed E-state index contributed by atoms with van der Waals surface area (Å²) in [5.41, 5.74) is 5.60. The number of unbranched alkanes of at least 4 members (excludes halogenated alkanes) is 1. The van der Waals surface area contributed by atoms with Crippen molar-refractivity contribution in [3.8, 4) is 0 Å². The van der Waals surface area contributed by atoms with E-state index in [1.54, 1.807) is 0 Å². The molecule has 2 rings (SSSR count). The van der Waals surface area contributed by atoms with Gasteiger partial charge in [0.1, 0.15) is 0 Å². The van der Waals surface area contributed by atoms with E-state index in [2.05, 4.69) is 58.0 Å². The van der Waals surface area contributed by atoms with Crippen molar-refractivity contribution in [2.45, 2.75) is 74.7 Å². The van der Waals surface area contributed by atoms with Gasteiger partial charge in [0.05, 0.1) is 0 Å². The van der Waals surface area contributed by atoms with Gasteiger partial charge < -0.3 is 0 Å². The highest BCUT2D eigenvalue weighted by atomic mass is 14.0. The van der Waals surface area contributed by atoms with E-state index in [-0.39, 0.29) is 0 Å². The lowest BCUT2D eigenvalue weighted by atomic mass is 10.0. The molecule has 0 amide bonds. The quantitative estimate of drug-likeness (QED) is 0.544. The molecule has 0 unspecified atom stereocenters. The van der Waals surface area contributed by atoms with Crippen LogP contribution < -0.4 is 0 Å². The Morgan fingerprint density at radius 3 is 1.48 bits per heavy atom. The lowest BCUT2D eigenvalue weighted by Gasteiger charge is -2.03. The van der Waals surface area contributed by atoms with Gasteiger partial charge in [-0.3, -0.25) is 0 Å². The second-order valence-corrected chi connectivity index (χ2v) is 5.25. The molecule has 0 spiro atoms. The van der Waals surface area contributed by atoms with Crippen molar-refractivity contribution in [2.24, 2.45) is 0 Å². The molecule has 0 heteroatoms. The second kappa shape index (κ2) is 16.8. The lowest BCUT2D eigenvalue weighted by Crippen LogP contribution is -1.87. The van der Waals surface area contributed by atoms with Gasteiger partial charge in [-0.1, -0.05) is 106 Å². The maximum Gasteiger partial charge on any atom is -0.0279 e. The molecule has 0 heterocycles. The molecule has 0 radical (unpaired) electrons. The molecular formula is C23H38. The average Bonchev–Trinajstić information content (AvgIpc) is 2.57. The number of rotatable bonds is 3. The fraction of sp³-hybridized carbons (Fsp3) is 0.478. The van der Waals surface area contributed by atoms with Crippen molar-refractivity contribution in [3.05, 3.63) is 70.8 Å². The zero-order chi connectivity index (χ0) is 18.1. The Bertz CT molecular complexity index is 448. The third-order valence-corrected chi connectivity index (χ3v) is 3.04. The van der Waals surface area contributed by atoms with Gasteiger partial charge >= 0.3 is 0 Å². The fourth-order valence-electron chi connectivity index (χ4n) is 2.13. The summed E-state index contributed by atoms with van der Waals surface area (Å²) < 4.78 is 0. The molecule has 23 heavy (non-hydrogen) atoms. The van der Waals surface area contributed by atoms with Gasteiger partial charge in [-0.2, -0.15) is 0 Å². The SMILES string of the molecule is CC.CC.CCCCc1cc(C)cc(C)c1.Cc1ccccc1. The van der Waals surface area contributed by atoms with Crippen LogP contribution >= 0.6 is 0 Å². The molecule has 2 aromatic carbocycles. The Hall–Kier alpha value is -1.56. The van der Waals surface area contributed by atoms with Gasteiger partial charge in [0, 0.05) is 0 Å². The topological polar surface area (TPSA) is 0 Å². The predicted molar refractivity (Wildman–Crippen MR) is 108 cm³/mol. The van der Waals surface area contributed by atoms with E-state index in [4.69, 9.17) is 0 Å². The first-order valence-corrected chi connectivity index (χ1v) is 9.20. The normalized spacial score (nSPS) is 8.52. The number of hydrogen-bond acceptors (Lipinski definition) is 0. The molecule has 0 fully saturated rings. The largest absolute Gasteiger partial charge is 0.0683 e. The highest BCUT2D eigenvalue weighted by molar-refractivity contribution is 5.28. The van der Waals surface area contributed by atoms with E-state index in [1.165, 1.54) is 41.5 Å². The van der Waals surface area contributed by atoms with Crippen LogP contribution in [0.15, 0.2) is 48.5 Å². The van der Waals surface area contributed by atoms with Crippen molar-refractivity contribution in [1.29, 1.82) is 0 Å². The molecule has 130 valence electrons. The molecule has 0 atom stereocenters. The van der Waals surface area contributed by atoms with E-state index in [1.807, 2.05) is 45.9 Å². The first-order valence-electron chi connectivity index (χ1n) is 9.20. The maximum absolute atomic E-state index is 2.29. The van der Waals surface area contributed by atoms with Gasteiger partial charge in [0.2, 0.25) is 0 Å². The second-order valence-electron chi connectivity index (χ2n) is 5.25. The monoisotopic (exact) mass is 314 g/mol. The maximum atomic E-state index is 2.29.